The Hall–Kier alpha value is -4.40. The summed E-state index contributed by atoms with van der Waals surface area (Å²) in [6, 6.07) is 12.9. The van der Waals surface area contributed by atoms with Crippen LogP contribution in [0, 0.1) is 28.4 Å². The van der Waals surface area contributed by atoms with Crippen molar-refractivity contribution < 1.29 is 52.0 Å². The Kier molecular flexibility index (Phi) is 17.8. The molecule has 0 saturated carbocycles. The highest BCUT2D eigenvalue weighted by molar-refractivity contribution is 6.31. The molecule has 1 fully saturated rings. The van der Waals surface area contributed by atoms with E-state index in [9.17, 15) is 19.6 Å². The molecule has 2 amide bonds. The van der Waals surface area contributed by atoms with Gasteiger partial charge in [-0.15, -0.1) is 0 Å². The van der Waals surface area contributed by atoms with Gasteiger partial charge in [0, 0.05) is 34.7 Å². The quantitative estimate of drug-likeness (QED) is 0.0810. The number of carboxylic acid groups (broad SMARTS) is 1. The van der Waals surface area contributed by atoms with Crippen LogP contribution in [0.4, 0.5) is 14.5 Å². The van der Waals surface area contributed by atoms with Crippen LogP contribution in [0.3, 0.4) is 0 Å². The zero-order valence-electron chi connectivity index (χ0n) is 33.4. The van der Waals surface area contributed by atoms with Gasteiger partial charge in [0.05, 0.1) is 89.2 Å². The molecule has 1 heterocycles. The molecule has 320 valence electrons. The van der Waals surface area contributed by atoms with Crippen molar-refractivity contribution >= 4 is 46.7 Å². The Bertz CT molecular complexity index is 1960. The van der Waals surface area contributed by atoms with Crippen LogP contribution in [0.1, 0.15) is 61.0 Å². The smallest absolute Gasteiger partial charge is 0.305 e. The van der Waals surface area contributed by atoms with Crippen molar-refractivity contribution in [2.45, 2.75) is 57.0 Å². The third kappa shape index (κ3) is 12.8. The Morgan fingerprint density at radius 2 is 1.56 bits per heavy atom. The van der Waals surface area contributed by atoms with Crippen molar-refractivity contribution in [2.24, 2.45) is 5.41 Å². The lowest BCUT2D eigenvalue weighted by molar-refractivity contribution is -0.138. The second kappa shape index (κ2) is 22.3. The van der Waals surface area contributed by atoms with Crippen molar-refractivity contribution in [3.05, 3.63) is 93.0 Å². The van der Waals surface area contributed by atoms with E-state index in [1.807, 2.05) is 20.8 Å². The topological polar surface area (TPSA) is 177 Å². The number of benzene rings is 3. The normalized spacial score (nSPS) is 18.9. The number of carbonyl (C=O) groups excluding carboxylic acids is 2. The van der Waals surface area contributed by atoms with E-state index in [0.29, 0.717) is 39.5 Å². The van der Waals surface area contributed by atoms with Crippen LogP contribution in [0.5, 0.6) is 5.75 Å². The number of carbonyl (C=O) groups is 3. The predicted octanol–water partition coefficient (Wildman–Crippen LogP) is 6.51. The molecule has 4 rings (SSSR count). The first-order chi connectivity index (χ1) is 28.1. The monoisotopic (exact) mass is 862 g/mol. The fourth-order valence-electron chi connectivity index (χ4n) is 6.96. The van der Waals surface area contributed by atoms with Gasteiger partial charge in [-0.25, -0.2) is 8.78 Å². The maximum absolute atomic E-state index is 16.0. The number of carboxylic acids is 1. The van der Waals surface area contributed by atoms with E-state index < -0.39 is 58.2 Å². The first kappa shape index (κ1) is 47.3. The SMILES string of the molecule is COc1cc(C(=O)NCCOCCOCCOCCOCCC(=O)O)ccc1NC(=O)[C@@H]1N[C@@H](CC(C)(C)C)[C@](C#N)(c2ccc(Cl)cc2F)[C@H]1c1cccc(Cl)c1F. The van der Waals surface area contributed by atoms with Crippen LogP contribution >= 0.6 is 23.2 Å². The van der Waals surface area contributed by atoms with Gasteiger partial charge in [0.2, 0.25) is 5.91 Å². The number of anilines is 1. The minimum atomic E-state index is -1.81. The first-order valence-corrected chi connectivity index (χ1v) is 19.7. The van der Waals surface area contributed by atoms with Crippen molar-refractivity contribution in [1.29, 1.82) is 5.26 Å². The summed E-state index contributed by atoms with van der Waals surface area (Å²) in [5.41, 5.74) is -1.90. The Balaban J connectivity index is 1.41. The second-order valence-corrected chi connectivity index (χ2v) is 15.8. The van der Waals surface area contributed by atoms with Gasteiger partial charge in [0.25, 0.3) is 5.91 Å². The molecule has 3 aromatic rings. The number of amides is 2. The van der Waals surface area contributed by atoms with Crippen LogP contribution < -0.4 is 20.7 Å². The van der Waals surface area contributed by atoms with Gasteiger partial charge in [-0.05, 0) is 53.8 Å². The van der Waals surface area contributed by atoms with Gasteiger partial charge < -0.3 is 44.7 Å². The summed E-state index contributed by atoms with van der Waals surface area (Å²) in [5, 5.41) is 28.4. The van der Waals surface area contributed by atoms with E-state index in [1.165, 1.54) is 55.6 Å². The van der Waals surface area contributed by atoms with Gasteiger partial charge in [-0.1, -0.05) is 62.2 Å². The van der Waals surface area contributed by atoms with E-state index >= 15 is 8.78 Å². The molecule has 1 saturated heterocycles. The summed E-state index contributed by atoms with van der Waals surface area (Å²) in [5.74, 6) is -4.75. The molecule has 4 N–H and O–H groups in total. The molecule has 3 aromatic carbocycles. The largest absolute Gasteiger partial charge is 0.495 e. The highest BCUT2D eigenvalue weighted by Gasteiger charge is 2.61. The fourth-order valence-corrected chi connectivity index (χ4v) is 7.30. The molecule has 17 heteroatoms. The lowest BCUT2D eigenvalue weighted by Crippen LogP contribution is -2.45. The highest BCUT2D eigenvalue weighted by Crippen LogP contribution is 2.53. The van der Waals surface area contributed by atoms with Gasteiger partial charge in [0.15, 0.2) is 0 Å². The summed E-state index contributed by atoms with van der Waals surface area (Å²) in [7, 11) is 1.37. The zero-order chi connectivity index (χ0) is 43.2. The van der Waals surface area contributed by atoms with Crippen LogP contribution in [0.15, 0.2) is 54.6 Å². The van der Waals surface area contributed by atoms with Gasteiger partial charge >= 0.3 is 5.97 Å². The Labute approximate surface area is 352 Å². The summed E-state index contributed by atoms with van der Waals surface area (Å²) in [6.45, 7) is 8.28. The van der Waals surface area contributed by atoms with Crippen molar-refractivity contribution in [3.8, 4) is 11.8 Å². The molecular weight excluding hydrogens is 813 g/mol. The molecule has 0 spiro atoms. The van der Waals surface area contributed by atoms with Crippen molar-refractivity contribution in [2.75, 3.05) is 71.8 Å². The molecule has 0 aromatic heterocycles. The molecule has 0 unspecified atom stereocenters. The number of halogens is 4. The summed E-state index contributed by atoms with van der Waals surface area (Å²) in [6.07, 6.45) is 0.239. The van der Waals surface area contributed by atoms with Gasteiger partial charge in [0.1, 0.15) is 22.8 Å². The standard InChI is InChI=1S/C42H50Cl2F2N4O9/c1-41(2,3)24-34-42(25-47,29-10-9-27(43)23-31(29)45)36(28-6-5-7-30(44)37(28)46)38(50-34)40(54)49-32-11-8-26(22-33(32)55-4)39(53)48-13-15-57-17-19-59-21-20-58-18-16-56-14-12-35(51)52/h5-11,22-23,34,36,38,50H,12-21,24H2,1-4H3,(H,48,53)(H,49,54)(H,51,52)/t34-,36-,38+,42-/m0/s1. The maximum Gasteiger partial charge on any atom is 0.305 e. The third-order valence-corrected chi connectivity index (χ3v) is 10.1. The lowest BCUT2D eigenvalue weighted by atomic mass is 9.62. The average molecular weight is 864 g/mol. The van der Waals surface area contributed by atoms with E-state index in [0.717, 1.165) is 6.07 Å². The predicted molar refractivity (Wildman–Crippen MR) is 217 cm³/mol. The number of rotatable bonds is 22. The molecule has 0 bridgehead atoms. The molecule has 13 nitrogen and oxygen atoms in total. The van der Waals surface area contributed by atoms with E-state index in [-0.39, 0.29) is 71.0 Å². The minimum absolute atomic E-state index is 0.0464. The zero-order valence-corrected chi connectivity index (χ0v) is 34.9. The van der Waals surface area contributed by atoms with Crippen molar-refractivity contribution in [3.63, 3.8) is 0 Å². The van der Waals surface area contributed by atoms with Gasteiger partial charge in [-0.3, -0.25) is 14.4 Å². The number of hydrogen-bond donors (Lipinski definition) is 4. The average Bonchev–Trinajstić information content (AvgIpc) is 3.50. The van der Waals surface area contributed by atoms with E-state index in [1.54, 1.807) is 0 Å². The first-order valence-electron chi connectivity index (χ1n) is 19.0. The van der Waals surface area contributed by atoms with Crippen LogP contribution in [-0.2, 0) is 34.0 Å². The molecule has 4 atom stereocenters. The maximum atomic E-state index is 16.0. The second-order valence-electron chi connectivity index (χ2n) is 14.9. The number of methoxy groups -OCH3 is 1. The van der Waals surface area contributed by atoms with Crippen LogP contribution in [0.25, 0.3) is 0 Å². The fraction of sp³-hybridized carbons (Fsp3) is 0.476. The van der Waals surface area contributed by atoms with E-state index in [4.69, 9.17) is 52.0 Å². The lowest BCUT2D eigenvalue weighted by Gasteiger charge is -2.37. The Morgan fingerprint density at radius 3 is 2.15 bits per heavy atom. The van der Waals surface area contributed by atoms with Crippen molar-refractivity contribution in [1.82, 2.24) is 10.6 Å². The van der Waals surface area contributed by atoms with Crippen LogP contribution in [0.2, 0.25) is 10.0 Å². The number of nitrogens with zero attached hydrogens (tertiary/aromatic N) is 1. The van der Waals surface area contributed by atoms with Crippen LogP contribution in [-0.4, -0.2) is 101 Å². The number of ether oxygens (including phenoxy) is 5. The molecule has 59 heavy (non-hydrogen) atoms. The summed E-state index contributed by atoms with van der Waals surface area (Å²) in [4.78, 5) is 37.8. The number of nitriles is 1. The molecule has 0 radical (unpaired) electrons. The third-order valence-electron chi connectivity index (χ3n) is 9.56. The van der Waals surface area contributed by atoms with E-state index in [2.05, 4.69) is 22.0 Å². The molecule has 1 aliphatic rings. The van der Waals surface area contributed by atoms with Gasteiger partial charge in [-0.2, -0.15) is 5.26 Å². The molecule has 1 aliphatic heterocycles. The molecule has 0 aliphatic carbocycles. The highest BCUT2D eigenvalue weighted by atomic mass is 35.5. The number of hydrogen-bond acceptors (Lipinski definition) is 10. The number of nitrogens with one attached hydrogen (secondary N) is 3. The summed E-state index contributed by atoms with van der Waals surface area (Å²) < 4.78 is 59.0. The Morgan fingerprint density at radius 1 is 0.915 bits per heavy atom. The molecular formula is C42H50Cl2F2N4O9. The number of aliphatic carboxylic acids is 1. The minimum Gasteiger partial charge on any atom is -0.495 e. The summed E-state index contributed by atoms with van der Waals surface area (Å²) >= 11 is 12.4.